The number of aromatic hydroxyl groups is 1. The highest BCUT2D eigenvalue weighted by molar-refractivity contribution is 6.30. The maximum atomic E-state index is 13.8. The quantitative estimate of drug-likeness (QED) is 0.419. The van der Waals surface area contributed by atoms with E-state index < -0.39 is 11.6 Å². The molecule has 5 heteroatoms. The van der Waals surface area contributed by atoms with E-state index in [1.54, 1.807) is 48.5 Å². The molecule has 0 spiro atoms. The highest BCUT2D eigenvalue weighted by atomic mass is 35.5. The Labute approximate surface area is 165 Å². The topological polar surface area (TPSA) is 33.1 Å². The third-order valence-corrected chi connectivity index (χ3v) is 4.65. The van der Waals surface area contributed by atoms with E-state index in [0.29, 0.717) is 33.1 Å². The summed E-state index contributed by atoms with van der Waals surface area (Å²) in [6.07, 6.45) is 0. The molecule has 1 heterocycles. The molecule has 0 amide bonds. The number of hydrogen-bond donors (Lipinski definition) is 1. The van der Waals surface area contributed by atoms with Gasteiger partial charge in [-0.05, 0) is 59.7 Å². The van der Waals surface area contributed by atoms with E-state index >= 15 is 0 Å². The van der Waals surface area contributed by atoms with Crippen LogP contribution in [0.25, 0.3) is 33.6 Å². The lowest BCUT2D eigenvalue weighted by atomic mass is 9.99. The Morgan fingerprint density at radius 1 is 0.679 bits per heavy atom. The fourth-order valence-corrected chi connectivity index (χ4v) is 3.10. The Bertz CT molecular complexity index is 1160. The third-order valence-electron chi connectivity index (χ3n) is 4.40. The molecule has 3 aromatic carbocycles. The van der Waals surface area contributed by atoms with Crippen LogP contribution < -0.4 is 0 Å². The predicted octanol–water partition coefficient (Wildman–Crippen LogP) is 6.72. The highest BCUT2D eigenvalue weighted by Gasteiger charge is 2.12. The lowest BCUT2D eigenvalue weighted by molar-refractivity contribution is 0.477. The Balaban J connectivity index is 1.94. The van der Waals surface area contributed by atoms with Gasteiger partial charge < -0.3 is 5.11 Å². The van der Waals surface area contributed by atoms with Crippen LogP contribution in [0.3, 0.4) is 0 Å². The molecule has 0 unspecified atom stereocenters. The molecule has 0 aliphatic carbocycles. The molecule has 1 aromatic heterocycles. The number of para-hydroxylation sites is 1. The van der Waals surface area contributed by atoms with Crippen molar-refractivity contribution in [2.24, 2.45) is 0 Å². The minimum absolute atomic E-state index is 0.0829. The molecule has 28 heavy (non-hydrogen) atoms. The third kappa shape index (κ3) is 3.59. The molecule has 0 radical (unpaired) electrons. The molecule has 0 aliphatic rings. The Hall–Kier alpha value is -3.24. The van der Waals surface area contributed by atoms with E-state index in [9.17, 15) is 13.9 Å². The van der Waals surface area contributed by atoms with E-state index in [1.807, 2.05) is 12.1 Å². The summed E-state index contributed by atoms with van der Waals surface area (Å²) in [7, 11) is 0. The molecule has 1 N–H and O–H groups in total. The van der Waals surface area contributed by atoms with Gasteiger partial charge in [-0.3, -0.25) is 0 Å². The molecule has 0 atom stereocenters. The molecular weight excluding hydrogens is 380 g/mol. The summed E-state index contributed by atoms with van der Waals surface area (Å²) in [4.78, 5) is 4.66. The van der Waals surface area contributed by atoms with Crippen molar-refractivity contribution in [1.82, 2.24) is 4.98 Å². The lowest BCUT2D eigenvalue weighted by Gasteiger charge is -2.11. The van der Waals surface area contributed by atoms with E-state index in [-0.39, 0.29) is 5.75 Å². The number of aromatic nitrogens is 1. The molecule has 4 aromatic rings. The van der Waals surface area contributed by atoms with Crippen molar-refractivity contribution in [3.63, 3.8) is 0 Å². The van der Waals surface area contributed by atoms with Crippen molar-refractivity contribution in [2.45, 2.75) is 0 Å². The molecule has 2 nitrogen and oxygen atoms in total. The summed E-state index contributed by atoms with van der Waals surface area (Å²) in [5.41, 5.74) is 3.65. The van der Waals surface area contributed by atoms with Gasteiger partial charge in [0.25, 0.3) is 0 Å². The summed E-state index contributed by atoms with van der Waals surface area (Å²) >= 11 is 5.98. The van der Waals surface area contributed by atoms with Crippen molar-refractivity contribution < 1.29 is 13.9 Å². The zero-order valence-corrected chi connectivity index (χ0v) is 15.3. The summed E-state index contributed by atoms with van der Waals surface area (Å²) in [6.45, 7) is 0. The van der Waals surface area contributed by atoms with Gasteiger partial charge >= 0.3 is 0 Å². The van der Waals surface area contributed by atoms with E-state index in [2.05, 4.69) is 4.98 Å². The van der Waals surface area contributed by atoms with Gasteiger partial charge in [-0.1, -0.05) is 41.9 Å². The number of benzene rings is 3. The molecular formula is C23H14ClF2NO. The van der Waals surface area contributed by atoms with E-state index in [0.717, 1.165) is 17.7 Å². The van der Waals surface area contributed by atoms with Crippen molar-refractivity contribution >= 4 is 11.6 Å². The number of phenols is 1. The second-order valence-electron chi connectivity index (χ2n) is 6.28. The van der Waals surface area contributed by atoms with Crippen LogP contribution in [-0.2, 0) is 0 Å². The number of rotatable bonds is 3. The smallest absolute Gasteiger partial charge is 0.159 e. The van der Waals surface area contributed by atoms with Gasteiger partial charge in [0.15, 0.2) is 11.6 Å². The highest BCUT2D eigenvalue weighted by Crippen LogP contribution is 2.34. The van der Waals surface area contributed by atoms with Gasteiger partial charge in [-0.2, -0.15) is 0 Å². The number of halogens is 3. The van der Waals surface area contributed by atoms with E-state index in [1.165, 1.54) is 6.07 Å². The standard InChI is InChI=1S/C23H14ClF2NO/c24-17-8-5-14(6-9-17)21-12-16(15-7-10-19(25)20(26)11-15)13-22(27-21)18-3-1-2-4-23(18)28/h1-13,28H. The number of nitrogens with zero attached hydrogens (tertiary/aromatic N) is 1. The van der Waals surface area contributed by atoms with Crippen LogP contribution in [0.5, 0.6) is 5.75 Å². The van der Waals surface area contributed by atoms with Crippen LogP contribution in [0, 0.1) is 11.6 Å². The predicted molar refractivity (Wildman–Crippen MR) is 107 cm³/mol. The largest absolute Gasteiger partial charge is 0.507 e. The van der Waals surface area contributed by atoms with Gasteiger partial charge in [0.1, 0.15) is 5.75 Å². The monoisotopic (exact) mass is 393 g/mol. The lowest BCUT2D eigenvalue weighted by Crippen LogP contribution is -1.92. The minimum atomic E-state index is -0.925. The van der Waals surface area contributed by atoms with Crippen molar-refractivity contribution in [1.29, 1.82) is 0 Å². The van der Waals surface area contributed by atoms with Crippen LogP contribution in [0.15, 0.2) is 78.9 Å². The average Bonchev–Trinajstić information content (AvgIpc) is 2.70. The second-order valence-corrected chi connectivity index (χ2v) is 6.72. The normalized spacial score (nSPS) is 10.8. The van der Waals surface area contributed by atoms with Gasteiger partial charge in [0, 0.05) is 16.1 Å². The minimum Gasteiger partial charge on any atom is -0.507 e. The molecule has 0 saturated heterocycles. The Morgan fingerprint density at radius 3 is 2.07 bits per heavy atom. The van der Waals surface area contributed by atoms with Crippen molar-refractivity contribution in [3.8, 4) is 39.4 Å². The number of hydrogen-bond acceptors (Lipinski definition) is 2. The van der Waals surface area contributed by atoms with Gasteiger partial charge in [0.2, 0.25) is 0 Å². The molecule has 4 rings (SSSR count). The maximum absolute atomic E-state index is 13.8. The van der Waals surface area contributed by atoms with Gasteiger partial charge in [0.05, 0.1) is 11.4 Å². The summed E-state index contributed by atoms with van der Waals surface area (Å²) in [6, 6.07) is 21.3. The molecule has 0 fully saturated rings. The summed E-state index contributed by atoms with van der Waals surface area (Å²) in [5, 5.41) is 10.8. The number of pyridine rings is 1. The SMILES string of the molecule is Oc1ccccc1-c1cc(-c2ccc(F)c(F)c2)cc(-c2ccc(Cl)cc2)n1. The van der Waals surface area contributed by atoms with E-state index in [4.69, 9.17) is 11.6 Å². The zero-order valence-electron chi connectivity index (χ0n) is 14.5. The fraction of sp³-hybridized carbons (Fsp3) is 0. The first-order chi connectivity index (χ1) is 13.5. The summed E-state index contributed by atoms with van der Waals surface area (Å²) < 4.78 is 27.1. The van der Waals surface area contributed by atoms with Gasteiger partial charge in [-0.25, -0.2) is 13.8 Å². The summed E-state index contributed by atoms with van der Waals surface area (Å²) in [5.74, 6) is -1.75. The zero-order chi connectivity index (χ0) is 19.7. The average molecular weight is 394 g/mol. The fourth-order valence-electron chi connectivity index (χ4n) is 2.97. The molecule has 0 bridgehead atoms. The van der Waals surface area contributed by atoms with Crippen LogP contribution in [0.4, 0.5) is 8.78 Å². The Morgan fingerprint density at radius 2 is 1.36 bits per heavy atom. The Kier molecular flexibility index (Phi) is 4.80. The molecule has 0 aliphatic heterocycles. The first-order valence-corrected chi connectivity index (χ1v) is 8.91. The molecule has 0 saturated carbocycles. The van der Waals surface area contributed by atoms with Crippen LogP contribution >= 0.6 is 11.6 Å². The van der Waals surface area contributed by atoms with Gasteiger partial charge in [-0.15, -0.1) is 0 Å². The first kappa shape index (κ1) is 18.1. The second kappa shape index (κ2) is 7.41. The first-order valence-electron chi connectivity index (χ1n) is 8.53. The van der Waals surface area contributed by atoms with Crippen molar-refractivity contribution in [3.05, 3.63) is 95.5 Å². The van der Waals surface area contributed by atoms with Crippen LogP contribution in [-0.4, -0.2) is 10.1 Å². The van der Waals surface area contributed by atoms with Crippen molar-refractivity contribution in [2.75, 3.05) is 0 Å². The van der Waals surface area contributed by atoms with Crippen LogP contribution in [0.2, 0.25) is 5.02 Å². The number of phenolic OH excluding ortho intramolecular Hbond substituents is 1. The maximum Gasteiger partial charge on any atom is 0.159 e. The van der Waals surface area contributed by atoms with Crippen LogP contribution in [0.1, 0.15) is 0 Å². The molecule has 138 valence electrons.